The van der Waals surface area contributed by atoms with Crippen LogP contribution in [0.2, 0.25) is 0 Å². The van der Waals surface area contributed by atoms with Gasteiger partial charge >= 0.3 is 6.01 Å². The van der Waals surface area contributed by atoms with E-state index in [1.807, 2.05) is 56.3 Å². The SMILES string of the molecule is Cc1ccc(C)c(C(=O)Nc2nnc(-c3cccc(SC(C)C)c3)o2)c1. The second-order valence-electron chi connectivity index (χ2n) is 6.38. The van der Waals surface area contributed by atoms with Gasteiger partial charge in [0.2, 0.25) is 5.89 Å². The molecule has 1 amide bonds. The van der Waals surface area contributed by atoms with Crippen molar-refractivity contribution in [3.63, 3.8) is 0 Å². The Labute approximate surface area is 157 Å². The van der Waals surface area contributed by atoms with Crippen molar-refractivity contribution >= 4 is 23.7 Å². The summed E-state index contributed by atoms with van der Waals surface area (Å²) >= 11 is 1.77. The first-order valence-corrected chi connectivity index (χ1v) is 9.29. The number of aryl methyl sites for hydroxylation is 2. The largest absolute Gasteiger partial charge is 0.403 e. The zero-order valence-electron chi connectivity index (χ0n) is 15.2. The van der Waals surface area contributed by atoms with E-state index in [1.165, 1.54) is 0 Å². The Balaban J connectivity index is 1.78. The Hall–Kier alpha value is -2.60. The molecule has 0 aliphatic rings. The van der Waals surface area contributed by atoms with Crippen molar-refractivity contribution in [2.75, 3.05) is 5.32 Å². The lowest BCUT2D eigenvalue weighted by molar-refractivity contribution is 0.102. The van der Waals surface area contributed by atoms with E-state index in [4.69, 9.17) is 4.42 Å². The van der Waals surface area contributed by atoms with Gasteiger partial charge in [-0.15, -0.1) is 16.9 Å². The minimum Gasteiger partial charge on any atom is -0.403 e. The predicted octanol–water partition coefficient (Wildman–Crippen LogP) is 5.11. The third-order valence-electron chi connectivity index (χ3n) is 3.74. The van der Waals surface area contributed by atoms with E-state index >= 15 is 0 Å². The van der Waals surface area contributed by atoms with E-state index in [0.717, 1.165) is 21.6 Å². The molecular weight excluding hydrogens is 346 g/mol. The van der Waals surface area contributed by atoms with Gasteiger partial charge in [0.1, 0.15) is 0 Å². The Morgan fingerprint density at radius 3 is 2.69 bits per heavy atom. The minimum absolute atomic E-state index is 0.0906. The Morgan fingerprint density at radius 2 is 1.92 bits per heavy atom. The molecule has 0 saturated heterocycles. The molecule has 6 heteroatoms. The highest BCUT2D eigenvalue weighted by Gasteiger charge is 2.15. The highest BCUT2D eigenvalue weighted by molar-refractivity contribution is 7.99. The van der Waals surface area contributed by atoms with Crippen molar-refractivity contribution in [2.24, 2.45) is 0 Å². The van der Waals surface area contributed by atoms with Crippen molar-refractivity contribution in [1.29, 1.82) is 0 Å². The van der Waals surface area contributed by atoms with Gasteiger partial charge in [-0.2, -0.15) is 0 Å². The maximum atomic E-state index is 12.5. The van der Waals surface area contributed by atoms with E-state index in [-0.39, 0.29) is 11.9 Å². The monoisotopic (exact) mass is 367 g/mol. The van der Waals surface area contributed by atoms with Gasteiger partial charge in [-0.05, 0) is 43.7 Å². The van der Waals surface area contributed by atoms with Crippen LogP contribution in [0.4, 0.5) is 6.01 Å². The molecule has 3 aromatic rings. The molecule has 0 saturated carbocycles. The molecule has 3 rings (SSSR count). The van der Waals surface area contributed by atoms with E-state index < -0.39 is 0 Å². The fourth-order valence-electron chi connectivity index (χ4n) is 2.51. The number of nitrogens with one attached hydrogen (secondary N) is 1. The van der Waals surface area contributed by atoms with Crippen LogP contribution < -0.4 is 5.32 Å². The number of anilines is 1. The predicted molar refractivity (Wildman–Crippen MR) is 105 cm³/mol. The van der Waals surface area contributed by atoms with Gasteiger partial charge in [-0.25, -0.2) is 0 Å². The van der Waals surface area contributed by atoms with Crippen LogP contribution in [0, 0.1) is 13.8 Å². The summed E-state index contributed by atoms with van der Waals surface area (Å²) in [6, 6.07) is 13.7. The molecular formula is C20H21N3O2S. The molecule has 0 fully saturated rings. The molecule has 2 aromatic carbocycles. The maximum absolute atomic E-state index is 12.5. The fraction of sp³-hybridized carbons (Fsp3) is 0.250. The molecule has 1 N–H and O–H groups in total. The van der Waals surface area contributed by atoms with E-state index in [9.17, 15) is 4.79 Å². The summed E-state index contributed by atoms with van der Waals surface area (Å²) in [5.74, 6) is 0.123. The zero-order chi connectivity index (χ0) is 18.7. The lowest BCUT2D eigenvalue weighted by atomic mass is 10.1. The van der Waals surface area contributed by atoms with Crippen molar-refractivity contribution in [3.05, 3.63) is 59.2 Å². The summed E-state index contributed by atoms with van der Waals surface area (Å²) in [6.07, 6.45) is 0. The summed E-state index contributed by atoms with van der Waals surface area (Å²) in [6.45, 7) is 8.13. The van der Waals surface area contributed by atoms with E-state index in [0.29, 0.717) is 16.7 Å². The van der Waals surface area contributed by atoms with Gasteiger partial charge in [0.05, 0.1) is 0 Å². The van der Waals surface area contributed by atoms with Crippen LogP contribution in [0.1, 0.15) is 35.3 Å². The maximum Gasteiger partial charge on any atom is 0.322 e. The van der Waals surface area contributed by atoms with Gasteiger partial charge in [-0.3, -0.25) is 10.1 Å². The van der Waals surface area contributed by atoms with E-state index in [1.54, 1.807) is 11.8 Å². The number of benzene rings is 2. The molecule has 0 radical (unpaired) electrons. The van der Waals surface area contributed by atoms with E-state index in [2.05, 4.69) is 29.4 Å². The van der Waals surface area contributed by atoms with Crippen LogP contribution in [-0.2, 0) is 0 Å². The second kappa shape index (κ2) is 7.74. The number of aromatic nitrogens is 2. The summed E-state index contributed by atoms with van der Waals surface area (Å²) in [4.78, 5) is 13.6. The van der Waals surface area contributed by atoms with Gasteiger partial charge < -0.3 is 4.42 Å². The molecule has 26 heavy (non-hydrogen) atoms. The Morgan fingerprint density at radius 1 is 1.12 bits per heavy atom. The molecule has 5 nitrogen and oxygen atoms in total. The van der Waals surface area contributed by atoms with Crippen LogP contribution in [0.15, 0.2) is 51.8 Å². The average Bonchev–Trinajstić information content (AvgIpc) is 3.05. The Bertz CT molecular complexity index is 934. The van der Waals surface area contributed by atoms with Crippen LogP contribution >= 0.6 is 11.8 Å². The highest BCUT2D eigenvalue weighted by Crippen LogP contribution is 2.28. The molecule has 0 aliphatic carbocycles. The fourth-order valence-corrected chi connectivity index (χ4v) is 3.41. The van der Waals surface area contributed by atoms with Crippen LogP contribution in [0.25, 0.3) is 11.5 Å². The molecule has 0 aliphatic heterocycles. The first-order valence-electron chi connectivity index (χ1n) is 8.41. The highest BCUT2D eigenvalue weighted by atomic mass is 32.2. The average molecular weight is 367 g/mol. The van der Waals surface area contributed by atoms with Gasteiger partial charge in [-0.1, -0.05) is 42.7 Å². The van der Waals surface area contributed by atoms with Gasteiger partial charge in [0, 0.05) is 21.3 Å². The number of hydrogen-bond donors (Lipinski definition) is 1. The molecule has 0 unspecified atom stereocenters. The van der Waals surface area contributed by atoms with Crippen molar-refractivity contribution in [3.8, 4) is 11.5 Å². The molecule has 134 valence electrons. The van der Waals surface area contributed by atoms with Gasteiger partial charge in [0.15, 0.2) is 0 Å². The summed E-state index contributed by atoms with van der Waals surface area (Å²) < 4.78 is 5.63. The smallest absolute Gasteiger partial charge is 0.322 e. The minimum atomic E-state index is -0.259. The molecule has 1 heterocycles. The van der Waals surface area contributed by atoms with Gasteiger partial charge in [0.25, 0.3) is 5.91 Å². The van der Waals surface area contributed by atoms with Crippen LogP contribution in [0.3, 0.4) is 0 Å². The molecule has 0 bridgehead atoms. The third kappa shape index (κ3) is 4.32. The number of rotatable bonds is 5. The second-order valence-corrected chi connectivity index (χ2v) is 8.03. The number of carbonyl (C=O) groups is 1. The third-order valence-corrected chi connectivity index (χ3v) is 4.73. The molecule has 1 aromatic heterocycles. The topological polar surface area (TPSA) is 68.0 Å². The standard InChI is InChI=1S/C20H21N3O2S/c1-12(2)26-16-7-5-6-15(11-16)19-22-23-20(25-19)21-18(24)17-10-13(3)8-9-14(17)4/h5-12H,1-4H3,(H,21,23,24). The number of nitrogens with zero attached hydrogens (tertiary/aromatic N) is 2. The molecule has 0 atom stereocenters. The number of thioether (sulfide) groups is 1. The van der Waals surface area contributed by atoms with Crippen molar-refractivity contribution in [2.45, 2.75) is 37.8 Å². The lowest BCUT2D eigenvalue weighted by Gasteiger charge is -2.06. The Kier molecular flexibility index (Phi) is 5.42. The molecule has 0 spiro atoms. The zero-order valence-corrected chi connectivity index (χ0v) is 16.1. The van der Waals surface area contributed by atoms with Crippen molar-refractivity contribution < 1.29 is 9.21 Å². The number of amides is 1. The first kappa shape index (κ1) is 18.2. The number of carbonyl (C=O) groups excluding carboxylic acids is 1. The van der Waals surface area contributed by atoms with Crippen LogP contribution in [-0.4, -0.2) is 21.4 Å². The summed E-state index contributed by atoms with van der Waals surface area (Å²) in [5, 5.41) is 11.2. The summed E-state index contributed by atoms with van der Waals surface area (Å²) in [5.41, 5.74) is 3.34. The lowest BCUT2D eigenvalue weighted by Crippen LogP contribution is -2.13. The summed E-state index contributed by atoms with van der Waals surface area (Å²) in [7, 11) is 0. The first-order chi connectivity index (χ1) is 12.4. The number of hydrogen-bond acceptors (Lipinski definition) is 5. The van der Waals surface area contributed by atoms with Crippen molar-refractivity contribution in [1.82, 2.24) is 10.2 Å². The normalized spacial score (nSPS) is 11.0. The quantitative estimate of drug-likeness (QED) is 0.635. The van der Waals surface area contributed by atoms with Crippen LogP contribution in [0.5, 0.6) is 0 Å².